The number of likely N-dealkylation sites (tertiary alicyclic amines) is 1. The second-order valence-electron chi connectivity index (χ2n) is 8.41. The van der Waals surface area contributed by atoms with Crippen molar-refractivity contribution in [1.82, 2.24) is 14.7 Å². The number of hydrogen-bond acceptors (Lipinski definition) is 7. The topological polar surface area (TPSA) is 92.5 Å². The van der Waals surface area contributed by atoms with Gasteiger partial charge >= 0.3 is 12.0 Å². The highest BCUT2D eigenvalue weighted by atomic mass is 16.5. The fourth-order valence-corrected chi connectivity index (χ4v) is 4.47. The maximum Gasteiger partial charge on any atom is 0.328 e. The third kappa shape index (κ3) is 4.77. The first kappa shape index (κ1) is 23.3. The Morgan fingerprint density at radius 3 is 2.48 bits per heavy atom. The molecule has 2 aliphatic rings. The second-order valence-corrected chi connectivity index (χ2v) is 8.41. The Kier molecular flexibility index (Phi) is 7.38. The molecule has 9 nitrogen and oxygen atoms in total. The van der Waals surface area contributed by atoms with Crippen molar-refractivity contribution >= 4 is 17.9 Å². The van der Waals surface area contributed by atoms with Gasteiger partial charge in [0.15, 0.2) is 0 Å². The molecule has 0 saturated carbocycles. The van der Waals surface area contributed by atoms with Gasteiger partial charge in [0.1, 0.15) is 23.6 Å². The number of carbonyl (C=O) groups is 3. The molecule has 1 aromatic heterocycles. The number of amides is 3. The molecule has 1 spiro atoms. The molecule has 0 N–H and O–H groups in total. The van der Waals surface area contributed by atoms with E-state index in [1.165, 1.54) is 7.11 Å². The normalized spacial score (nSPS) is 20.0. The maximum atomic E-state index is 13.3. The van der Waals surface area contributed by atoms with Gasteiger partial charge in [-0.25, -0.2) is 4.79 Å². The highest BCUT2D eigenvalue weighted by Gasteiger charge is 2.58. The van der Waals surface area contributed by atoms with Crippen molar-refractivity contribution in [1.29, 1.82) is 0 Å². The number of methoxy groups -OCH3 is 2. The first-order valence-electron chi connectivity index (χ1n) is 10.8. The molecule has 0 aliphatic carbocycles. The van der Waals surface area contributed by atoms with Crippen LogP contribution in [0.1, 0.15) is 43.6 Å². The van der Waals surface area contributed by atoms with Gasteiger partial charge in [0.2, 0.25) is 0 Å². The fraction of sp³-hybridized carbons (Fsp3) is 0.682. The molecule has 2 aliphatic heterocycles. The minimum atomic E-state index is -0.913. The smallest absolute Gasteiger partial charge is 0.328 e. The van der Waals surface area contributed by atoms with E-state index in [0.717, 1.165) is 29.4 Å². The third-order valence-corrected chi connectivity index (χ3v) is 6.46. The summed E-state index contributed by atoms with van der Waals surface area (Å²) in [6, 6.07) is 3.56. The molecule has 9 heteroatoms. The number of aryl methyl sites for hydroxylation is 1. The molecular weight excluding hydrogens is 402 g/mol. The van der Waals surface area contributed by atoms with Crippen molar-refractivity contribution in [3.05, 3.63) is 23.7 Å². The lowest BCUT2D eigenvalue weighted by Crippen LogP contribution is -2.57. The predicted octanol–water partition coefficient (Wildman–Crippen LogP) is 2.00. The molecule has 2 fully saturated rings. The van der Waals surface area contributed by atoms with Crippen molar-refractivity contribution in [3.8, 4) is 0 Å². The summed E-state index contributed by atoms with van der Waals surface area (Å²) in [4.78, 5) is 42.9. The summed E-state index contributed by atoms with van der Waals surface area (Å²) in [6.45, 7) is 6.69. The molecular formula is C22H33N3O6. The fourth-order valence-electron chi connectivity index (χ4n) is 4.47. The van der Waals surface area contributed by atoms with Crippen LogP contribution in [0.2, 0.25) is 0 Å². The Morgan fingerprint density at radius 2 is 1.90 bits per heavy atom. The molecule has 0 unspecified atom stereocenters. The van der Waals surface area contributed by atoms with Gasteiger partial charge in [-0.1, -0.05) is 6.92 Å². The summed E-state index contributed by atoms with van der Waals surface area (Å²) in [5, 5.41) is 0. The Labute approximate surface area is 183 Å². The van der Waals surface area contributed by atoms with E-state index >= 15 is 0 Å². The largest absolute Gasteiger partial charge is 0.468 e. The number of hydrogen-bond donors (Lipinski definition) is 0. The zero-order valence-corrected chi connectivity index (χ0v) is 18.9. The van der Waals surface area contributed by atoms with Crippen molar-refractivity contribution < 1.29 is 28.3 Å². The number of piperidine rings is 1. The second kappa shape index (κ2) is 9.82. The number of carbonyl (C=O) groups excluding carboxylic acids is 3. The lowest BCUT2D eigenvalue weighted by Gasteiger charge is -2.42. The van der Waals surface area contributed by atoms with Gasteiger partial charge in [-0.3, -0.25) is 14.5 Å². The van der Waals surface area contributed by atoms with Crippen molar-refractivity contribution in [3.63, 3.8) is 0 Å². The van der Waals surface area contributed by atoms with Crippen LogP contribution < -0.4 is 0 Å². The van der Waals surface area contributed by atoms with Crippen molar-refractivity contribution in [2.75, 3.05) is 53.6 Å². The summed E-state index contributed by atoms with van der Waals surface area (Å²) >= 11 is 0. The van der Waals surface area contributed by atoms with Gasteiger partial charge < -0.3 is 23.7 Å². The van der Waals surface area contributed by atoms with E-state index < -0.39 is 17.5 Å². The van der Waals surface area contributed by atoms with Crippen LogP contribution in [0.4, 0.5) is 4.79 Å². The van der Waals surface area contributed by atoms with Crippen LogP contribution in [0.15, 0.2) is 16.5 Å². The number of nitrogens with zero attached hydrogens (tertiary/aromatic N) is 3. The molecule has 31 heavy (non-hydrogen) atoms. The molecule has 0 radical (unpaired) electrons. The first-order valence-corrected chi connectivity index (χ1v) is 10.8. The van der Waals surface area contributed by atoms with E-state index in [2.05, 4.69) is 16.6 Å². The Hall–Kier alpha value is -2.39. The summed E-state index contributed by atoms with van der Waals surface area (Å²) < 4.78 is 15.5. The molecule has 1 aromatic rings. The summed E-state index contributed by atoms with van der Waals surface area (Å²) in [5.41, 5.74) is -0.913. The maximum absolute atomic E-state index is 13.3. The van der Waals surface area contributed by atoms with Gasteiger partial charge in [-0.2, -0.15) is 0 Å². The lowest BCUT2D eigenvalue weighted by atomic mass is 9.85. The Balaban J connectivity index is 1.64. The molecule has 3 rings (SSSR count). The highest BCUT2D eigenvalue weighted by molar-refractivity contribution is 6.08. The predicted molar refractivity (Wildman–Crippen MR) is 113 cm³/mol. The number of ether oxygens (including phenoxy) is 2. The number of urea groups is 1. The number of imide groups is 1. The van der Waals surface area contributed by atoms with E-state index in [9.17, 15) is 14.4 Å². The zero-order valence-electron chi connectivity index (χ0n) is 18.9. The first-order chi connectivity index (χ1) is 14.8. The highest BCUT2D eigenvalue weighted by Crippen LogP contribution is 2.37. The average molecular weight is 436 g/mol. The van der Waals surface area contributed by atoms with Gasteiger partial charge in [0.25, 0.3) is 5.91 Å². The quantitative estimate of drug-likeness (QED) is 0.433. The SMILES string of the molecule is COCCN1C(=O)N(CC(=O)OC)C(=O)C12CCN(CC[C@@H](C)c1ccc(C)o1)CC2. The van der Waals surface area contributed by atoms with Crippen LogP contribution in [0, 0.1) is 6.92 Å². The molecule has 3 amide bonds. The van der Waals surface area contributed by atoms with Crippen LogP contribution in [-0.4, -0.2) is 91.7 Å². The number of esters is 1. The zero-order chi connectivity index (χ0) is 22.6. The summed E-state index contributed by atoms with van der Waals surface area (Å²) in [5.74, 6) is 1.31. The van der Waals surface area contributed by atoms with E-state index in [1.807, 2.05) is 19.1 Å². The van der Waals surface area contributed by atoms with Crippen LogP contribution in [0.25, 0.3) is 0 Å². The van der Waals surface area contributed by atoms with E-state index in [1.54, 1.807) is 12.0 Å². The van der Waals surface area contributed by atoms with Gasteiger partial charge in [0.05, 0.1) is 13.7 Å². The minimum absolute atomic E-state index is 0.307. The number of rotatable bonds is 9. The summed E-state index contributed by atoms with van der Waals surface area (Å²) in [7, 11) is 2.81. The molecule has 2 saturated heterocycles. The van der Waals surface area contributed by atoms with E-state index in [-0.39, 0.29) is 12.5 Å². The molecule has 3 heterocycles. The monoisotopic (exact) mass is 435 g/mol. The van der Waals surface area contributed by atoms with E-state index in [0.29, 0.717) is 45.0 Å². The lowest BCUT2D eigenvalue weighted by molar-refractivity contribution is -0.146. The Morgan fingerprint density at radius 1 is 1.19 bits per heavy atom. The van der Waals surface area contributed by atoms with Gasteiger partial charge in [-0.15, -0.1) is 0 Å². The van der Waals surface area contributed by atoms with Crippen LogP contribution in [-0.2, 0) is 19.1 Å². The molecule has 172 valence electrons. The van der Waals surface area contributed by atoms with Crippen molar-refractivity contribution in [2.45, 2.75) is 44.6 Å². The summed E-state index contributed by atoms with van der Waals surface area (Å²) in [6.07, 6.45) is 2.02. The molecule has 1 atom stereocenters. The van der Waals surface area contributed by atoms with E-state index in [4.69, 9.17) is 9.15 Å². The third-order valence-electron chi connectivity index (χ3n) is 6.46. The van der Waals surface area contributed by atoms with Gasteiger partial charge in [0, 0.05) is 32.7 Å². The van der Waals surface area contributed by atoms with Crippen LogP contribution >= 0.6 is 0 Å². The standard InChI is InChI=1S/C22H33N3O6/c1-16(18-6-5-17(2)31-18)7-10-23-11-8-22(9-12-23)20(27)24(15-19(26)30-4)21(28)25(22)13-14-29-3/h5-6,16H,7-15H2,1-4H3/t16-/m1/s1. The minimum Gasteiger partial charge on any atom is -0.468 e. The number of furan rings is 1. The van der Waals surface area contributed by atoms with Crippen LogP contribution in [0.3, 0.4) is 0 Å². The molecule has 0 bridgehead atoms. The van der Waals surface area contributed by atoms with Crippen LogP contribution in [0.5, 0.6) is 0 Å². The van der Waals surface area contributed by atoms with Gasteiger partial charge in [-0.05, 0) is 44.9 Å². The Bertz CT molecular complexity index is 799. The molecule has 0 aromatic carbocycles. The van der Waals surface area contributed by atoms with Crippen molar-refractivity contribution in [2.24, 2.45) is 0 Å². The average Bonchev–Trinajstić information content (AvgIpc) is 3.28.